The van der Waals surface area contributed by atoms with Gasteiger partial charge in [0.25, 0.3) is 0 Å². The van der Waals surface area contributed by atoms with Crippen LogP contribution in [-0.2, 0) is 19.3 Å². The lowest BCUT2D eigenvalue weighted by molar-refractivity contribution is 0.0131. The molecule has 3 rings (SSSR count). The SMILES string of the molecule is CS(=O)(=O)c1ccccc1N1CCC(OCC2CCOC2)CC1. The van der Waals surface area contributed by atoms with Gasteiger partial charge < -0.3 is 14.4 Å². The Hall–Kier alpha value is -1.11. The normalized spacial score (nSPS) is 23.3. The molecular weight excluding hydrogens is 314 g/mol. The Labute approximate surface area is 138 Å². The number of anilines is 1. The average molecular weight is 339 g/mol. The molecule has 1 aromatic rings. The molecule has 128 valence electrons. The van der Waals surface area contributed by atoms with Gasteiger partial charge in [-0.15, -0.1) is 0 Å². The van der Waals surface area contributed by atoms with Crippen molar-refractivity contribution < 1.29 is 17.9 Å². The highest BCUT2D eigenvalue weighted by atomic mass is 32.2. The van der Waals surface area contributed by atoms with Crippen LogP contribution in [0.4, 0.5) is 5.69 Å². The third-order valence-electron chi connectivity index (χ3n) is 4.64. The van der Waals surface area contributed by atoms with Gasteiger partial charge in [-0.2, -0.15) is 0 Å². The van der Waals surface area contributed by atoms with Gasteiger partial charge in [0.1, 0.15) is 0 Å². The van der Waals surface area contributed by atoms with E-state index in [0.717, 1.165) is 57.9 Å². The molecule has 1 unspecified atom stereocenters. The number of benzene rings is 1. The maximum Gasteiger partial charge on any atom is 0.177 e. The summed E-state index contributed by atoms with van der Waals surface area (Å²) < 4.78 is 35.3. The molecule has 2 saturated heterocycles. The first-order valence-corrected chi connectivity index (χ1v) is 10.2. The van der Waals surface area contributed by atoms with Crippen molar-refractivity contribution in [3.63, 3.8) is 0 Å². The number of sulfone groups is 1. The summed E-state index contributed by atoms with van der Waals surface area (Å²) in [6.45, 7) is 4.12. The van der Waals surface area contributed by atoms with Gasteiger partial charge in [-0.1, -0.05) is 12.1 Å². The van der Waals surface area contributed by atoms with Crippen LogP contribution in [0.1, 0.15) is 19.3 Å². The zero-order valence-electron chi connectivity index (χ0n) is 13.6. The van der Waals surface area contributed by atoms with Crippen LogP contribution < -0.4 is 4.90 Å². The van der Waals surface area contributed by atoms with Crippen LogP contribution in [-0.4, -0.2) is 53.7 Å². The second-order valence-electron chi connectivity index (χ2n) is 6.49. The lowest BCUT2D eigenvalue weighted by atomic mass is 10.1. The van der Waals surface area contributed by atoms with E-state index >= 15 is 0 Å². The van der Waals surface area contributed by atoms with Gasteiger partial charge >= 0.3 is 0 Å². The maximum atomic E-state index is 11.9. The predicted molar refractivity (Wildman–Crippen MR) is 89.7 cm³/mol. The highest BCUT2D eigenvalue weighted by Crippen LogP contribution is 2.28. The Morgan fingerprint density at radius 3 is 2.61 bits per heavy atom. The third kappa shape index (κ3) is 4.25. The van der Waals surface area contributed by atoms with Crippen molar-refractivity contribution in [2.45, 2.75) is 30.3 Å². The van der Waals surface area contributed by atoms with Crippen LogP contribution in [0.15, 0.2) is 29.2 Å². The van der Waals surface area contributed by atoms with E-state index in [1.165, 1.54) is 6.26 Å². The van der Waals surface area contributed by atoms with Gasteiger partial charge in [-0.05, 0) is 31.4 Å². The van der Waals surface area contributed by atoms with Crippen molar-refractivity contribution in [1.29, 1.82) is 0 Å². The monoisotopic (exact) mass is 339 g/mol. The molecule has 1 atom stereocenters. The number of ether oxygens (including phenoxy) is 2. The molecule has 2 aliphatic heterocycles. The summed E-state index contributed by atoms with van der Waals surface area (Å²) >= 11 is 0. The van der Waals surface area contributed by atoms with Crippen LogP contribution in [0.5, 0.6) is 0 Å². The first kappa shape index (κ1) is 16.7. The highest BCUT2D eigenvalue weighted by molar-refractivity contribution is 7.90. The zero-order valence-corrected chi connectivity index (χ0v) is 14.4. The van der Waals surface area contributed by atoms with Gasteiger partial charge in [0.05, 0.1) is 29.9 Å². The molecule has 1 aromatic carbocycles. The average Bonchev–Trinajstić information content (AvgIpc) is 3.06. The van der Waals surface area contributed by atoms with Crippen molar-refractivity contribution in [2.24, 2.45) is 5.92 Å². The number of para-hydroxylation sites is 1. The fourth-order valence-electron chi connectivity index (χ4n) is 3.28. The Kier molecular flexibility index (Phi) is 5.24. The number of rotatable bonds is 5. The molecule has 6 heteroatoms. The summed E-state index contributed by atoms with van der Waals surface area (Å²) in [6, 6.07) is 7.26. The lowest BCUT2D eigenvalue weighted by Gasteiger charge is -2.34. The maximum absolute atomic E-state index is 11.9. The molecule has 0 amide bonds. The minimum absolute atomic E-state index is 0.275. The molecule has 2 aliphatic rings. The first-order chi connectivity index (χ1) is 11.0. The molecule has 0 saturated carbocycles. The third-order valence-corrected chi connectivity index (χ3v) is 5.78. The Morgan fingerprint density at radius 2 is 1.96 bits per heavy atom. The fraction of sp³-hybridized carbons (Fsp3) is 0.647. The Morgan fingerprint density at radius 1 is 1.22 bits per heavy atom. The van der Waals surface area contributed by atoms with Gasteiger partial charge in [-0.3, -0.25) is 0 Å². The molecule has 0 aliphatic carbocycles. The first-order valence-electron chi connectivity index (χ1n) is 8.27. The summed E-state index contributed by atoms with van der Waals surface area (Å²) in [5.41, 5.74) is 0.817. The fourth-order valence-corrected chi connectivity index (χ4v) is 4.19. The van der Waals surface area contributed by atoms with E-state index in [2.05, 4.69) is 4.90 Å². The molecule has 0 spiro atoms. The number of nitrogens with zero attached hydrogens (tertiary/aromatic N) is 1. The predicted octanol–water partition coefficient (Wildman–Crippen LogP) is 2.11. The van der Waals surface area contributed by atoms with E-state index < -0.39 is 9.84 Å². The standard InChI is InChI=1S/C17H25NO4S/c1-23(19,20)17-5-3-2-4-16(17)18-9-6-15(7-10-18)22-13-14-8-11-21-12-14/h2-5,14-15H,6-13H2,1H3. The van der Waals surface area contributed by atoms with Gasteiger partial charge in [-0.25, -0.2) is 8.42 Å². The Balaban J connectivity index is 1.57. The molecule has 0 N–H and O–H groups in total. The van der Waals surface area contributed by atoms with E-state index in [4.69, 9.17) is 9.47 Å². The minimum atomic E-state index is -3.20. The van der Waals surface area contributed by atoms with Crippen molar-refractivity contribution in [1.82, 2.24) is 0 Å². The second kappa shape index (κ2) is 7.20. The van der Waals surface area contributed by atoms with Crippen LogP contribution in [0.2, 0.25) is 0 Å². The summed E-state index contributed by atoms with van der Waals surface area (Å²) in [5, 5.41) is 0. The van der Waals surface area contributed by atoms with Crippen LogP contribution in [0, 0.1) is 5.92 Å². The number of hydrogen-bond donors (Lipinski definition) is 0. The molecule has 2 heterocycles. The quantitative estimate of drug-likeness (QED) is 0.822. The molecule has 2 fully saturated rings. The molecule has 0 aromatic heterocycles. The van der Waals surface area contributed by atoms with E-state index in [1.807, 2.05) is 12.1 Å². The highest BCUT2D eigenvalue weighted by Gasteiger charge is 2.25. The topological polar surface area (TPSA) is 55.8 Å². The van der Waals surface area contributed by atoms with Gasteiger partial charge in [0.15, 0.2) is 9.84 Å². The molecule has 23 heavy (non-hydrogen) atoms. The van der Waals surface area contributed by atoms with E-state index in [9.17, 15) is 8.42 Å². The summed E-state index contributed by atoms with van der Waals surface area (Å²) in [5.74, 6) is 0.541. The molecule has 5 nitrogen and oxygen atoms in total. The van der Waals surface area contributed by atoms with Crippen molar-refractivity contribution in [2.75, 3.05) is 44.1 Å². The zero-order chi connectivity index (χ0) is 16.3. The smallest absolute Gasteiger partial charge is 0.177 e. The van der Waals surface area contributed by atoms with Crippen molar-refractivity contribution >= 4 is 15.5 Å². The second-order valence-corrected chi connectivity index (χ2v) is 8.47. The van der Waals surface area contributed by atoms with Crippen LogP contribution in [0.3, 0.4) is 0 Å². The summed E-state index contributed by atoms with van der Waals surface area (Å²) in [4.78, 5) is 2.58. The number of hydrogen-bond acceptors (Lipinski definition) is 5. The largest absolute Gasteiger partial charge is 0.381 e. The summed E-state index contributed by atoms with van der Waals surface area (Å²) in [7, 11) is -3.20. The van der Waals surface area contributed by atoms with E-state index in [0.29, 0.717) is 10.8 Å². The van der Waals surface area contributed by atoms with Gasteiger partial charge in [0, 0.05) is 31.9 Å². The lowest BCUT2D eigenvalue weighted by Crippen LogP contribution is -2.38. The Bertz CT molecular complexity index is 617. The van der Waals surface area contributed by atoms with Crippen molar-refractivity contribution in [3.8, 4) is 0 Å². The van der Waals surface area contributed by atoms with E-state index in [-0.39, 0.29) is 6.10 Å². The van der Waals surface area contributed by atoms with Crippen molar-refractivity contribution in [3.05, 3.63) is 24.3 Å². The molecule has 0 radical (unpaired) electrons. The summed E-state index contributed by atoms with van der Waals surface area (Å²) in [6.07, 6.45) is 4.51. The minimum Gasteiger partial charge on any atom is -0.381 e. The molecular formula is C17H25NO4S. The number of piperidine rings is 1. The van der Waals surface area contributed by atoms with Crippen LogP contribution in [0.25, 0.3) is 0 Å². The molecule has 0 bridgehead atoms. The van der Waals surface area contributed by atoms with Crippen LogP contribution >= 0.6 is 0 Å². The van der Waals surface area contributed by atoms with E-state index in [1.54, 1.807) is 12.1 Å². The van der Waals surface area contributed by atoms with Gasteiger partial charge in [0.2, 0.25) is 0 Å².